The molecule has 0 saturated carbocycles. The average Bonchev–Trinajstić information content (AvgIpc) is 1.95. The van der Waals surface area contributed by atoms with Crippen molar-refractivity contribution >= 4 is 19.4 Å². The van der Waals surface area contributed by atoms with Crippen LogP contribution in [0.4, 0.5) is 0 Å². The SMILES string of the molecule is C=C(C)[C@H](N)CCSCP(=O)(O)O. The Hall–Kier alpha value is 0.200. The van der Waals surface area contributed by atoms with E-state index in [0.29, 0.717) is 12.2 Å². The molecule has 6 heteroatoms. The smallest absolute Gasteiger partial charge is 0.324 e. The third-order valence-electron chi connectivity index (χ3n) is 1.47. The summed E-state index contributed by atoms with van der Waals surface area (Å²) in [4.78, 5) is 17.1. The summed E-state index contributed by atoms with van der Waals surface area (Å²) in [5.74, 6) is 0.652. The summed E-state index contributed by atoms with van der Waals surface area (Å²) >= 11 is 1.22. The van der Waals surface area contributed by atoms with Crippen LogP contribution < -0.4 is 5.73 Å². The molecule has 0 heterocycles. The third kappa shape index (κ3) is 8.53. The molecule has 0 bridgehead atoms. The molecule has 0 amide bonds. The van der Waals surface area contributed by atoms with E-state index in [9.17, 15) is 4.57 Å². The fraction of sp³-hybridized carbons (Fsp3) is 0.714. The minimum absolute atomic E-state index is 0.0655. The summed E-state index contributed by atoms with van der Waals surface area (Å²) in [6.07, 6.45) is 0.708. The Labute approximate surface area is 82.8 Å². The van der Waals surface area contributed by atoms with Gasteiger partial charge < -0.3 is 15.5 Å². The first-order valence-corrected chi connectivity index (χ1v) is 6.81. The summed E-state index contributed by atoms with van der Waals surface area (Å²) in [6, 6.07) is -0.0655. The number of thioether (sulfide) groups is 1. The van der Waals surface area contributed by atoms with E-state index < -0.39 is 7.60 Å². The van der Waals surface area contributed by atoms with E-state index in [-0.39, 0.29) is 11.5 Å². The molecule has 4 nitrogen and oxygen atoms in total. The highest BCUT2D eigenvalue weighted by Crippen LogP contribution is 2.38. The Balaban J connectivity index is 3.47. The highest BCUT2D eigenvalue weighted by atomic mass is 32.2. The fourth-order valence-corrected chi connectivity index (χ4v) is 2.53. The Kier molecular flexibility index (Phi) is 5.92. The monoisotopic (exact) mass is 225 g/mol. The maximum absolute atomic E-state index is 10.4. The van der Waals surface area contributed by atoms with Crippen LogP contribution in [0.1, 0.15) is 13.3 Å². The molecule has 13 heavy (non-hydrogen) atoms. The molecule has 0 spiro atoms. The number of hydrogen-bond acceptors (Lipinski definition) is 3. The Morgan fingerprint density at radius 1 is 1.69 bits per heavy atom. The molecule has 0 fully saturated rings. The van der Waals surface area contributed by atoms with Crippen molar-refractivity contribution in [1.82, 2.24) is 0 Å². The van der Waals surface area contributed by atoms with Gasteiger partial charge in [0.2, 0.25) is 0 Å². The summed E-state index contributed by atoms with van der Waals surface area (Å²) in [6.45, 7) is 5.54. The van der Waals surface area contributed by atoms with Crippen molar-refractivity contribution in [2.75, 3.05) is 11.2 Å². The van der Waals surface area contributed by atoms with Crippen molar-refractivity contribution in [3.63, 3.8) is 0 Å². The second-order valence-corrected chi connectivity index (χ2v) is 6.12. The van der Waals surface area contributed by atoms with E-state index in [0.717, 1.165) is 5.57 Å². The Morgan fingerprint density at radius 3 is 2.62 bits per heavy atom. The average molecular weight is 225 g/mol. The zero-order valence-corrected chi connectivity index (χ0v) is 9.35. The van der Waals surface area contributed by atoms with Crippen molar-refractivity contribution in [2.24, 2.45) is 5.73 Å². The van der Waals surface area contributed by atoms with Crippen LogP contribution in [0.2, 0.25) is 0 Å². The fourth-order valence-electron chi connectivity index (χ4n) is 0.640. The van der Waals surface area contributed by atoms with Gasteiger partial charge in [-0.15, -0.1) is 11.8 Å². The van der Waals surface area contributed by atoms with E-state index in [1.807, 2.05) is 6.92 Å². The molecule has 0 unspecified atom stereocenters. The van der Waals surface area contributed by atoms with Crippen LogP contribution in [-0.4, -0.2) is 27.1 Å². The minimum Gasteiger partial charge on any atom is -0.324 e. The first-order chi connectivity index (χ1) is 5.83. The minimum atomic E-state index is -3.85. The molecule has 0 aliphatic heterocycles. The normalized spacial score (nSPS) is 14.2. The largest absolute Gasteiger partial charge is 0.335 e. The highest BCUT2D eigenvalue weighted by Gasteiger charge is 2.12. The number of hydrogen-bond donors (Lipinski definition) is 3. The lowest BCUT2D eigenvalue weighted by molar-refractivity contribution is 0.379. The van der Waals surface area contributed by atoms with Gasteiger partial charge in [-0.05, 0) is 19.1 Å². The standard InChI is InChI=1S/C7H16NO3PS/c1-6(2)7(8)3-4-13-5-12(9,10)11/h7H,1,3-5,8H2,2H3,(H2,9,10,11)/t7-/m1/s1. The zero-order chi connectivity index (χ0) is 10.5. The molecular formula is C7H16NO3PS. The maximum atomic E-state index is 10.4. The Morgan fingerprint density at radius 2 is 2.23 bits per heavy atom. The van der Waals surface area contributed by atoms with Gasteiger partial charge in [-0.25, -0.2) is 0 Å². The van der Waals surface area contributed by atoms with E-state index in [4.69, 9.17) is 15.5 Å². The van der Waals surface area contributed by atoms with Gasteiger partial charge in [-0.2, -0.15) is 0 Å². The van der Waals surface area contributed by atoms with Gasteiger partial charge in [0, 0.05) is 6.04 Å². The molecule has 0 radical (unpaired) electrons. The van der Waals surface area contributed by atoms with Gasteiger partial charge in [0.05, 0.1) is 5.49 Å². The van der Waals surface area contributed by atoms with Gasteiger partial charge in [-0.3, -0.25) is 4.57 Å². The lowest BCUT2D eigenvalue weighted by atomic mass is 10.1. The number of nitrogens with two attached hydrogens (primary N) is 1. The van der Waals surface area contributed by atoms with Crippen LogP contribution in [0.25, 0.3) is 0 Å². The van der Waals surface area contributed by atoms with Gasteiger partial charge in [-0.1, -0.05) is 12.2 Å². The highest BCUT2D eigenvalue weighted by molar-refractivity contribution is 8.04. The van der Waals surface area contributed by atoms with Gasteiger partial charge in [0.25, 0.3) is 0 Å². The van der Waals surface area contributed by atoms with Crippen LogP contribution in [0, 0.1) is 0 Å². The van der Waals surface area contributed by atoms with Crippen LogP contribution in [-0.2, 0) is 4.57 Å². The van der Waals surface area contributed by atoms with Crippen LogP contribution in [0.15, 0.2) is 12.2 Å². The van der Waals surface area contributed by atoms with Crippen molar-refractivity contribution < 1.29 is 14.4 Å². The second-order valence-electron chi connectivity index (χ2n) is 2.94. The molecule has 0 saturated heterocycles. The van der Waals surface area contributed by atoms with E-state index >= 15 is 0 Å². The molecule has 0 aliphatic carbocycles. The summed E-state index contributed by atoms with van der Waals surface area (Å²) in [5.41, 5.74) is 6.43. The molecule has 0 aromatic heterocycles. The van der Waals surface area contributed by atoms with Crippen molar-refractivity contribution in [3.05, 3.63) is 12.2 Å². The van der Waals surface area contributed by atoms with Gasteiger partial charge in [0.1, 0.15) is 0 Å². The van der Waals surface area contributed by atoms with Crippen molar-refractivity contribution in [1.29, 1.82) is 0 Å². The molecule has 0 aliphatic rings. The first-order valence-electron chi connectivity index (χ1n) is 3.86. The van der Waals surface area contributed by atoms with Crippen LogP contribution in [0.5, 0.6) is 0 Å². The molecule has 4 N–H and O–H groups in total. The Bertz CT molecular complexity index is 216. The predicted molar refractivity (Wildman–Crippen MR) is 56.8 cm³/mol. The summed E-state index contributed by atoms with van der Waals surface area (Å²) in [5, 5.41) is 0. The summed E-state index contributed by atoms with van der Waals surface area (Å²) in [7, 11) is -3.85. The lowest BCUT2D eigenvalue weighted by Crippen LogP contribution is -2.21. The quantitative estimate of drug-likeness (QED) is 0.359. The molecule has 0 aromatic rings. The van der Waals surface area contributed by atoms with E-state index in [2.05, 4.69) is 6.58 Å². The second kappa shape index (κ2) is 5.83. The topological polar surface area (TPSA) is 83.6 Å². The van der Waals surface area contributed by atoms with Crippen molar-refractivity contribution in [3.8, 4) is 0 Å². The van der Waals surface area contributed by atoms with Crippen molar-refractivity contribution in [2.45, 2.75) is 19.4 Å². The van der Waals surface area contributed by atoms with Gasteiger partial charge >= 0.3 is 7.60 Å². The maximum Gasteiger partial charge on any atom is 0.335 e. The molecular weight excluding hydrogens is 209 g/mol. The molecule has 0 aromatic carbocycles. The molecule has 78 valence electrons. The predicted octanol–water partition coefficient (Wildman–Crippen LogP) is 1.15. The first kappa shape index (κ1) is 13.2. The van der Waals surface area contributed by atoms with Crippen LogP contribution >= 0.6 is 19.4 Å². The third-order valence-corrected chi connectivity index (χ3v) is 4.07. The van der Waals surface area contributed by atoms with E-state index in [1.165, 1.54) is 11.8 Å². The molecule has 0 rings (SSSR count). The number of rotatable bonds is 6. The van der Waals surface area contributed by atoms with Crippen LogP contribution in [0.3, 0.4) is 0 Å². The summed E-state index contributed by atoms with van der Waals surface area (Å²) < 4.78 is 10.4. The van der Waals surface area contributed by atoms with E-state index in [1.54, 1.807) is 0 Å². The molecule has 1 atom stereocenters. The van der Waals surface area contributed by atoms with Gasteiger partial charge in [0.15, 0.2) is 0 Å². The lowest BCUT2D eigenvalue weighted by Gasteiger charge is -2.10. The zero-order valence-electron chi connectivity index (χ0n) is 7.64.